The van der Waals surface area contributed by atoms with E-state index in [0.717, 1.165) is 25.9 Å². The predicted molar refractivity (Wildman–Crippen MR) is 62.1 cm³/mol. The number of carbonyl (C=O) groups is 1. The molecule has 0 N–H and O–H groups in total. The molecule has 3 atom stereocenters. The normalized spacial score (nSPS) is 45.0. The van der Waals surface area contributed by atoms with Crippen molar-refractivity contribution in [3.8, 4) is 0 Å². The molecule has 0 unspecified atom stereocenters. The van der Waals surface area contributed by atoms with Gasteiger partial charge in [0.15, 0.2) is 0 Å². The molecule has 0 aromatic heterocycles. The van der Waals surface area contributed by atoms with Gasteiger partial charge >= 0.3 is 0 Å². The Balaban J connectivity index is 1.77. The van der Waals surface area contributed by atoms with E-state index in [-0.39, 0.29) is 0 Å². The lowest BCUT2D eigenvalue weighted by atomic mass is 9.67. The summed E-state index contributed by atoms with van der Waals surface area (Å²) in [4.78, 5) is 11.8. The molecule has 0 radical (unpaired) electrons. The van der Waals surface area contributed by atoms with Gasteiger partial charge < -0.3 is 4.74 Å². The lowest BCUT2D eigenvalue weighted by Crippen LogP contribution is -2.38. The molecule has 0 saturated heterocycles. The molecule has 0 aromatic rings. The first kappa shape index (κ1) is 10.5. The third kappa shape index (κ3) is 1.20. The average molecular weight is 220 g/mol. The van der Waals surface area contributed by atoms with Gasteiger partial charge in [-0.2, -0.15) is 0 Å². The molecule has 3 saturated carbocycles. The Kier molecular flexibility index (Phi) is 2.25. The Hall–Kier alpha value is -0.630. The largest absolute Gasteiger partial charge is 0.377 e. The van der Waals surface area contributed by atoms with Gasteiger partial charge in [0, 0.05) is 17.8 Å². The number of ketones is 1. The van der Waals surface area contributed by atoms with E-state index in [2.05, 4.69) is 6.58 Å². The highest BCUT2D eigenvalue weighted by Crippen LogP contribution is 2.75. The summed E-state index contributed by atoms with van der Waals surface area (Å²) >= 11 is 0. The highest BCUT2D eigenvalue weighted by atomic mass is 16.5. The first-order valence-electron chi connectivity index (χ1n) is 6.45. The Morgan fingerprint density at radius 3 is 3.12 bits per heavy atom. The summed E-state index contributed by atoms with van der Waals surface area (Å²) in [5.41, 5.74) is 0.706. The second-order valence-corrected chi connectivity index (χ2v) is 5.82. The van der Waals surface area contributed by atoms with Crippen molar-refractivity contribution in [3.63, 3.8) is 0 Å². The number of carbonyl (C=O) groups excluding carboxylic acids is 1. The molecule has 1 spiro atoms. The standard InChI is InChI=1S/C14H20O2/c1-2-8-16-10-13-5-3-6-14(13)9-11(14)12(15)4-7-13/h2,11H,1,3-10H2/t11-,13-,14-/m0/s1. The smallest absolute Gasteiger partial charge is 0.136 e. The summed E-state index contributed by atoms with van der Waals surface area (Å²) < 4.78 is 5.72. The second kappa shape index (κ2) is 3.43. The summed E-state index contributed by atoms with van der Waals surface area (Å²) in [5, 5.41) is 0. The van der Waals surface area contributed by atoms with Crippen LogP contribution in [-0.4, -0.2) is 19.0 Å². The molecule has 3 aliphatic rings. The second-order valence-electron chi connectivity index (χ2n) is 5.82. The zero-order valence-corrected chi connectivity index (χ0v) is 9.84. The average Bonchev–Trinajstić information content (AvgIpc) is 2.91. The van der Waals surface area contributed by atoms with Gasteiger partial charge in [0.05, 0.1) is 13.2 Å². The fourth-order valence-corrected chi connectivity index (χ4v) is 4.38. The fraction of sp³-hybridized carbons (Fsp3) is 0.786. The highest BCUT2D eigenvalue weighted by molar-refractivity contribution is 5.86. The van der Waals surface area contributed by atoms with Crippen LogP contribution in [0.5, 0.6) is 0 Å². The van der Waals surface area contributed by atoms with E-state index in [4.69, 9.17) is 4.74 Å². The minimum atomic E-state index is 0.342. The van der Waals surface area contributed by atoms with Crippen LogP contribution in [0, 0.1) is 16.7 Å². The van der Waals surface area contributed by atoms with Gasteiger partial charge in [-0.25, -0.2) is 0 Å². The molecule has 3 fully saturated rings. The lowest BCUT2D eigenvalue weighted by Gasteiger charge is -2.39. The van der Waals surface area contributed by atoms with E-state index in [1.165, 1.54) is 19.3 Å². The lowest BCUT2D eigenvalue weighted by molar-refractivity contribution is -0.126. The van der Waals surface area contributed by atoms with Crippen molar-refractivity contribution in [2.45, 2.75) is 38.5 Å². The van der Waals surface area contributed by atoms with Crippen LogP contribution in [0.15, 0.2) is 12.7 Å². The van der Waals surface area contributed by atoms with Crippen molar-refractivity contribution >= 4 is 5.78 Å². The molecule has 0 aliphatic heterocycles. The number of hydrogen-bond donors (Lipinski definition) is 0. The summed E-state index contributed by atoms with van der Waals surface area (Å²) in [7, 11) is 0. The minimum absolute atomic E-state index is 0.342. The Morgan fingerprint density at radius 1 is 1.44 bits per heavy atom. The zero-order chi connectivity index (χ0) is 11.2. The summed E-state index contributed by atoms with van der Waals surface area (Å²) in [6.45, 7) is 5.19. The van der Waals surface area contributed by atoms with E-state index in [1.54, 1.807) is 0 Å². The topological polar surface area (TPSA) is 26.3 Å². The highest BCUT2D eigenvalue weighted by Gasteiger charge is 2.71. The predicted octanol–water partition coefficient (Wildman–Crippen LogP) is 2.73. The van der Waals surface area contributed by atoms with Crippen LogP contribution in [0.3, 0.4) is 0 Å². The number of hydrogen-bond acceptors (Lipinski definition) is 2. The van der Waals surface area contributed by atoms with Crippen molar-refractivity contribution in [2.24, 2.45) is 16.7 Å². The maximum absolute atomic E-state index is 11.8. The third-order valence-electron chi connectivity index (χ3n) is 5.26. The maximum atomic E-state index is 11.8. The fourth-order valence-electron chi connectivity index (χ4n) is 4.38. The Bertz CT molecular complexity index is 336. The number of ether oxygens (including phenoxy) is 1. The molecule has 0 bridgehead atoms. The van der Waals surface area contributed by atoms with E-state index in [0.29, 0.717) is 29.1 Å². The van der Waals surface area contributed by atoms with Crippen LogP contribution >= 0.6 is 0 Å². The van der Waals surface area contributed by atoms with E-state index in [9.17, 15) is 4.79 Å². The molecule has 3 rings (SSSR count). The summed E-state index contributed by atoms with van der Waals surface area (Å²) in [6.07, 6.45) is 8.67. The summed E-state index contributed by atoms with van der Waals surface area (Å²) in [6, 6.07) is 0. The van der Waals surface area contributed by atoms with Crippen LogP contribution in [0.1, 0.15) is 38.5 Å². The maximum Gasteiger partial charge on any atom is 0.136 e. The van der Waals surface area contributed by atoms with Crippen molar-refractivity contribution in [3.05, 3.63) is 12.7 Å². The molecular weight excluding hydrogens is 200 g/mol. The van der Waals surface area contributed by atoms with Crippen LogP contribution < -0.4 is 0 Å². The first-order valence-corrected chi connectivity index (χ1v) is 6.45. The van der Waals surface area contributed by atoms with Gasteiger partial charge in [-0.05, 0) is 31.1 Å². The van der Waals surface area contributed by atoms with Crippen LogP contribution in [-0.2, 0) is 9.53 Å². The van der Waals surface area contributed by atoms with Crippen LogP contribution in [0.2, 0.25) is 0 Å². The minimum Gasteiger partial charge on any atom is -0.377 e. The summed E-state index contributed by atoms with van der Waals surface area (Å²) in [5.74, 6) is 0.928. The first-order chi connectivity index (χ1) is 7.74. The van der Waals surface area contributed by atoms with Crippen molar-refractivity contribution in [2.75, 3.05) is 13.2 Å². The van der Waals surface area contributed by atoms with Crippen molar-refractivity contribution in [1.82, 2.24) is 0 Å². The van der Waals surface area contributed by atoms with Gasteiger partial charge in [-0.15, -0.1) is 6.58 Å². The molecule has 16 heavy (non-hydrogen) atoms. The van der Waals surface area contributed by atoms with Gasteiger partial charge in [0.25, 0.3) is 0 Å². The van der Waals surface area contributed by atoms with Crippen LogP contribution in [0.25, 0.3) is 0 Å². The Morgan fingerprint density at radius 2 is 2.31 bits per heavy atom. The monoisotopic (exact) mass is 220 g/mol. The van der Waals surface area contributed by atoms with Crippen LogP contribution in [0.4, 0.5) is 0 Å². The van der Waals surface area contributed by atoms with E-state index < -0.39 is 0 Å². The van der Waals surface area contributed by atoms with E-state index in [1.807, 2.05) is 6.08 Å². The number of rotatable bonds is 4. The van der Waals surface area contributed by atoms with E-state index >= 15 is 0 Å². The van der Waals surface area contributed by atoms with Gasteiger partial charge in [0.1, 0.15) is 5.78 Å². The van der Waals surface area contributed by atoms with Gasteiger partial charge in [-0.3, -0.25) is 4.79 Å². The zero-order valence-electron chi connectivity index (χ0n) is 9.84. The third-order valence-corrected chi connectivity index (χ3v) is 5.26. The molecule has 0 aromatic carbocycles. The quantitative estimate of drug-likeness (QED) is 0.538. The molecule has 2 heteroatoms. The van der Waals surface area contributed by atoms with Crippen molar-refractivity contribution in [1.29, 1.82) is 0 Å². The molecular formula is C14H20O2. The van der Waals surface area contributed by atoms with Gasteiger partial charge in [0.2, 0.25) is 0 Å². The Labute approximate surface area is 97.1 Å². The SMILES string of the molecule is C=CCOC[C@@]12CCC[C@@]13C[C@H]3C(=O)CC2. The van der Waals surface area contributed by atoms with Gasteiger partial charge in [-0.1, -0.05) is 12.5 Å². The number of Topliss-reactive ketones (excluding diaryl/α,β-unsaturated/α-hetero) is 1. The molecule has 0 amide bonds. The molecule has 2 nitrogen and oxygen atoms in total. The van der Waals surface area contributed by atoms with Crippen molar-refractivity contribution < 1.29 is 9.53 Å². The molecule has 88 valence electrons. The molecule has 0 heterocycles. The molecule has 3 aliphatic carbocycles.